The molecule has 21 heavy (non-hydrogen) atoms. The Morgan fingerprint density at radius 3 is 2.52 bits per heavy atom. The number of carbonyl (C=O) groups excluding carboxylic acids is 1. The van der Waals surface area contributed by atoms with E-state index >= 15 is 0 Å². The average Bonchev–Trinajstić information content (AvgIpc) is 2.49. The van der Waals surface area contributed by atoms with Crippen molar-refractivity contribution in [3.8, 4) is 0 Å². The second kappa shape index (κ2) is 7.38. The van der Waals surface area contributed by atoms with E-state index < -0.39 is 0 Å². The number of hydrazone groups is 1. The van der Waals surface area contributed by atoms with Crippen LogP contribution in [0.25, 0.3) is 0 Å². The van der Waals surface area contributed by atoms with Gasteiger partial charge in [-0.15, -0.1) is 0 Å². The summed E-state index contributed by atoms with van der Waals surface area (Å²) >= 11 is 9.21. The quantitative estimate of drug-likeness (QED) is 0.622. The van der Waals surface area contributed by atoms with Gasteiger partial charge >= 0.3 is 0 Å². The first-order valence-electron chi connectivity index (χ1n) is 6.48. The summed E-state index contributed by atoms with van der Waals surface area (Å²) in [5.41, 5.74) is 4.88. The van der Waals surface area contributed by atoms with Crippen molar-refractivity contribution < 1.29 is 4.79 Å². The molecule has 1 N–H and O–H groups in total. The van der Waals surface area contributed by atoms with Crippen LogP contribution in [0.15, 0.2) is 58.1 Å². The summed E-state index contributed by atoms with van der Waals surface area (Å²) in [4.78, 5) is 12.0. The Labute approximate surface area is 137 Å². The number of amides is 1. The monoisotopic (exact) mass is 364 g/mol. The molecule has 2 rings (SSSR count). The van der Waals surface area contributed by atoms with Gasteiger partial charge in [-0.2, -0.15) is 5.10 Å². The summed E-state index contributed by atoms with van der Waals surface area (Å²) in [5.74, 6) is -0.240. The Morgan fingerprint density at radius 1 is 1.19 bits per heavy atom. The van der Waals surface area contributed by atoms with Crippen molar-refractivity contribution >= 4 is 39.1 Å². The molecule has 0 saturated carbocycles. The lowest BCUT2D eigenvalue weighted by Crippen LogP contribution is -2.19. The third-order valence-electron chi connectivity index (χ3n) is 2.89. The largest absolute Gasteiger partial charge is 0.271 e. The SMILES string of the molecule is CC/C(=N\NC(=O)c1cccc(Br)c1)c1ccc(Cl)cc1. The number of carbonyl (C=O) groups is 1. The Bertz CT molecular complexity index is 668. The molecule has 108 valence electrons. The normalized spacial score (nSPS) is 11.3. The van der Waals surface area contributed by atoms with E-state index in [2.05, 4.69) is 26.5 Å². The van der Waals surface area contributed by atoms with Crippen LogP contribution in [0, 0.1) is 0 Å². The van der Waals surface area contributed by atoms with E-state index in [1.54, 1.807) is 24.3 Å². The van der Waals surface area contributed by atoms with Crippen LogP contribution in [0.1, 0.15) is 29.3 Å². The fraction of sp³-hybridized carbons (Fsp3) is 0.125. The van der Waals surface area contributed by atoms with Crippen molar-refractivity contribution in [3.05, 3.63) is 69.2 Å². The minimum absolute atomic E-state index is 0.240. The van der Waals surface area contributed by atoms with E-state index in [0.717, 1.165) is 15.7 Å². The molecule has 2 aromatic rings. The van der Waals surface area contributed by atoms with E-state index in [1.807, 2.05) is 31.2 Å². The standard InChI is InChI=1S/C16H14BrClN2O/c1-2-15(11-6-8-14(18)9-7-11)19-20-16(21)12-4-3-5-13(17)10-12/h3-10H,2H2,1H3,(H,20,21)/b19-15+. The van der Waals surface area contributed by atoms with Gasteiger partial charge in [0.2, 0.25) is 0 Å². The van der Waals surface area contributed by atoms with E-state index in [0.29, 0.717) is 17.0 Å². The lowest BCUT2D eigenvalue weighted by Gasteiger charge is -2.06. The van der Waals surface area contributed by atoms with Gasteiger partial charge in [0.25, 0.3) is 5.91 Å². The number of nitrogens with zero attached hydrogens (tertiary/aromatic N) is 1. The van der Waals surface area contributed by atoms with Gasteiger partial charge in [-0.3, -0.25) is 4.79 Å². The first-order chi connectivity index (χ1) is 10.1. The number of hydrogen-bond acceptors (Lipinski definition) is 2. The molecule has 0 fully saturated rings. The van der Waals surface area contributed by atoms with Gasteiger partial charge in [0, 0.05) is 15.1 Å². The molecule has 1 amide bonds. The Morgan fingerprint density at radius 2 is 1.90 bits per heavy atom. The van der Waals surface area contributed by atoms with Crippen molar-refractivity contribution in [1.29, 1.82) is 0 Å². The van der Waals surface area contributed by atoms with Crippen molar-refractivity contribution in [2.24, 2.45) is 5.10 Å². The van der Waals surface area contributed by atoms with Gasteiger partial charge in [-0.1, -0.05) is 52.7 Å². The maximum atomic E-state index is 12.0. The van der Waals surface area contributed by atoms with Crippen molar-refractivity contribution in [1.82, 2.24) is 5.43 Å². The number of hydrogen-bond donors (Lipinski definition) is 1. The summed E-state index contributed by atoms with van der Waals surface area (Å²) in [6.45, 7) is 1.98. The van der Waals surface area contributed by atoms with Crippen molar-refractivity contribution in [3.63, 3.8) is 0 Å². The molecule has 0 radical (unpaired) electrons. The van der Waals surface area contributed by atoms with Crippen molar-refractivity contribution in [2.75, 3.05) is 0 Å². The molecule has 0 atom stereocenters. The van der Waals surface area contributed by atoms with Gasteiger partial charge in [0.1, 0.15) is 0 Å². The molecule has 2 aromatic carbocycles. The molecule has 0 aliphatic heterocycles. The zero-order valence-electron chi connectivity index (χ0n) is 11.4. The minimum atomic E-state index is -0.240. The number of benzene rings is 2. The third kappa shape index (κ3) is 4.41. The van der Waals surface area contributed by atoms with E-state index in [1.165, 1.54) is 0 Å². The Hall–Kier alpha value is -1.65. The predicted octanol–water partition coefficient (Wildman–Crippen LogP) is 4.65. The van der Waals surface area contributed by atoms with Gasteiger partial charge < -0.3 is 0 Å². The van der Waals surface area contributed by atoms with Crippen LogP contribution in [0.4, 0.5) is 0 Å². The molecule has 5 heteroatoms. The van der Waals surface area contributed by atoms with Crippen LogP contribution in [-0.4, -0.2) is 11.6 Å². The summed E-state index contributed by atoms with van der Waals surface area (Å²) in [6.07, 6.45) is 0.709. The maximum absolute atomic E-state index is 12.0. The fourth-order valence-corrected chi connectivity index (χ4v) is 2.33. The number of rotatable bonds is 4. The molecule has 0 spiro atoms. The van der Waals surface area contributed by atoms with Crippen LogP contribution >= 0.6 is 27.5 Å². The second-order valence-corrected chi connectivity index (χ2v) is 5.72. The highest BCUT2D eigenvalue weighted by atomic mass is 79.9. The molecule has 0 bridgehead atoms. The topological polar surface area (TPSA) is 41.5 Å². The van der Waals surface area contributed by atoms with Gasteiger partial charge in [0.15, 0.2) is 0 Å². The molecule has 0 unspecified atom stereocenters. The smallest absolute Gasteiger partial charge is 0.267 e. The zero-order valence-corrected chi connectivity index (χ0v) is 13.8. The number of nitrogens with one attached hydrogen (secondary N) is 1. The summed E-state index contributed by atoms with van der Waals surface area (Å²) in [7, 11) is 0. The number of halogens is 2. The average molecular weight is 366 g/mol. The molecule has 0 saturated heterocycles. The Kier molecular flexibility index (Phi) is 5.53. The third-order valence-corrected chi connectivity index (χ3v) is 3.64. The molecule has 0 aromatic heterocycles. The highest BCUT2D eigenvalue weighted by Crippen LogP contribution is 2.13. The molecule has 0 heterocycles. The zero-order chi connectivity index (χ0) is 15.2. The van der Waals surface area contributed by atoms with Gasteiger partial charge in [0.05, 0.1) is 5.71 Å². The summed E-state index contributed by atoms with van der Waals surface area (Å²) in [6, 6.07) is 14.5. The first-order valence-corrected chi connectivity index (χ1v) is 7.65. The van der Waals surface area contributed by atoms with Crippen LogP contribution in [0.3, 0.4) is 0 Å². The molecule has 3 nitrogen and oxygen atoms in total. The molecule has 0 aliphatic carbocycles. The van der Waals surface area contributed by atoms with Crippen LogP contribution in [0.2, 0.25) is 5.02 Å². The van der Waals surface area contributed by atoms with E-state index in [-0.39, 0.29) is 5.91 Å². The summed E-state index contributed by atoms with van der Waals surface area (Å²) < 4.78 is 0.854. The first kappa shape index (κ1) is 15.7. The minimum Gasteiger partial charge on any atom is -0.267 e. The molecule has 0 aliphatic rings. The fourth-order valence-electron chi connectivity index (χ4n) is 1.80. The highest BCUT2D eigenvalue weighted by Gasteiger charge is 2.06. The van der Waals surface area contributed by atoms with Crippen LogP contribution in [0.5, 0.6) is 0 Å². The van der Waals surface area contributed by atoms with Gasteiger partial charge in [-0.25, -0.2) is 5.43 Å². The molecular formula is C16H14BrClN2O. The highest BCUT2D eigenvalue weighted by molar-refractivity contribution is 9.10. The van der Waals surface area contributed by atoms with E-state index in [4.69, 9.17) is 11.6 Å². The second-order valence-electron chi connectivity index (χ2n) is 4.37. The Balaban J connectivity index is 2.14. The van der Waals surface area contributed by atoms with E-state index in [9.17, 15) is 4.79 Å². The summed E-state index contributed by atoms with van der Waals surface area (Å²) in [5, 5.41) is 4.88. The van der Waals surface area contributed by atoms with Crippen molar-refractivity contribution in [2.45, 2.75) is 13.3 Å². The van der Waals surface area contributed by atoms with Gasteiger partial charge in [-0.05, 0) is 42.3 Å². The van der Waals surface area contributed by atoms with Crippen LogP contribution in [-0.2, 0) is 0 Å². The predicted molar refractivity (Wildman–Crippen MR) is 89.9 cm³/mol. The maximum Gasteiger partial charge on any atom is 0.271 e. The lowest BCUT2D eigenvalue weighted by molar-refractivity contribution is 0.0954. The molecular weight excluding hydrogens is 352 g/mol. The lowest BCUT2D eigenvalue weighted by atomic mass is 10.1. The van der Waals surface area contributed by atoms with Crippen LogP contribution < -0.4 is 5.43 Å².